The number of nitrogen functional groups attached to an aromatic ring is 1. The van der Waals surface area contributed by atoms with Crippen LogP contribution < -0.4 is 15.5 Å². The van der Waals surface area contributed by atoms with Gasteiger partial charge in [-0.2, -0.15) is 4.98 Å². The highest BCUT2D eigenvalue weighted by molar-refractivity contribution is 5.93. The van der Waals surface area contributed by atoms with Crippen molar-refractivity contribution in [1.29, 1.82) is 0 Å². The normalized spacial score (nSPS) is 14.5. The Kier molecular flexibility index (Phi) is 4.69. The van der Waals surface area contributed by atoms with Gasteiger partial charge in [0, 0.05) is 44.8 Å². The van der Waals surface area contributed by atoms with Gasteiger partial charge in [0.2, 0.25) is 5.95 Å². The zero-order valence-electron chi connectivity index (χ0n) is 13.4. The number of carbonyl (C=O) groups is 1. The van der Waals surface area contributed by atoms with E-state index in [0.29, 0.717) is 5.95 Å². The Hall–Kier alpha value is -2.97. The van der Waals surface area contributed by atoms with Crippen LogP contribution in [0.3, 0.4) is 0 Å². The number of hydrogen-bond acceptors (Lipinski definition) is 9. The molecule has 24 heavy (non-hydrogen) atoms. The van der Waals surface area contributed by atoms with E-state index in [1.165, 1.54) is 6.20 Å². The van der Waals surface area contributed by atoms with Crippen molar-refractivity contribution in [2.45, 2.75) is 6.92 Å². The molecule has 1 fully saturated rings. The van der Waals surface area contributed by atoms with E-state index in [0.717, 1.165) is 32.0 Å². The second-order valence-electron chi connectivity index (χ2n) is 5.23. The second kappa shape index (κ2) is 7.07. The molecule has 0 aromatic carbocycles. The lowest BCUT2D eigenvalue weighted by atomic mass is 10.3. The van der Waals surface area contributed by atoms with Crippen molar-refractivity contribution in [3.05, 3.63) is 30.4 Å². The molecule has 9 heteroatoms. The molecule has 1 aliphatic rings. The first-order chi connectivity index (χ1) is 11.7. The van der Waals surface area contributed by atoms with Gasteiger partial charge in [0.25, 0.3) is 0 Å². The summed E-state index contributed by atoms with van der Waals surface area (Å²) < 4.78 is 4.93. The smallest absolute Gasteiger partial charge is 0.343 e. The van der Waals surface area contributed by atoms with Crippen LogP contribution in [0.4, 0.5) is 17.6 Å². The van der Waals surface area contributed by atoms with Gasteiger partial charge in [0.1, 0.15) is 17.2 Å². The summed E-state index contributed by atoms with van der Waals surface area (Å²) in [4.78, 5) is 32.8. The van der Waals surface area contributed by atoms with E-state index in [1.54, 1.807) is 25.5 Å². The minimum Gasteiger partial charge on any atom is -0.462 e. The number of hydrogen-bond donors (Lipinski definition) is 1. The molecule has 0 unspecified atom stereocenters. The molecular formula is C15H19N7O2. The predicted molar refractivity (Wildman–Crippen MR) is 88.9 cm³/mol. The zero-order valence-corrected chi connectivity index (χ0v) is 13.4. The van der Waals surface area contributed by atoms with Gasteiger partial charge in [-0.25, -0.2) is 14.8 Å². The molecule has 3 heterocycles. The van der Waals surface area contributed by atoms with Crippen LogP contribution in [-0.4, -0.2) is 58.7 Å². The van der Waals surface area contributed by atoms with E-state index in [9.17, 15) is 4.79 Å². The lowest BCUT2D eigenvalue weighted by molar-refractivity contribution is 0.0527. The number of ether oxygens (including phenoxy) is 1. The minimum atomic E-state index is -0.506. The van der Waals surface area contributed by atoms with Crippen molar-refractivity contribution >= 4 is 23.6 Å². The molecule has 0 spiro atoms. The average molecular weight is 329 g/mol. The fourth-order valence-electron chi connectivity index (χ4n) is 2.49. The number of anilines is 3. The van der Waals surface area contributed by atoms with E-state index < -0.39 is 5.97 Å². The molecule has 2 aromatic heterocycles. The second-order valence-corrected chi connectivity index (χ2v) is 5.23. The molecule has 9 nitrogen and oxygen atoms in total. The Labute approximate surface area is 139 Å². The van der Waals surface area contributed by atoms with Crippen molar-refractivity contribution in [1.82, 2.24) is 19.9 Å². The Bertz CT molecular complexity index is 702. The molecule has 0 atom stereocenters. The van der Waals surface area contributed by atoms with Crippen LogP contribution in [-0.2, 0) is 4.74 Å². The third kappa shape index (κ3) is 3.34. The van der Waals surface area contributed by atoms with E-state index in [-0.39, 0.29) is 18.0 Å². The zero-order chi connectivity index (χ0) is 16.9. The van der Waals surface area contributed by atoms with Crippen LogP contribution in [0.2, 0.25) is 0 Å². The van der Waals surface area contributed by atoms with Crippen molar-refractivity contribution in [3.8, 4) is 0 Å². The summed E-state index contributed by atoms with van der Waals surface area (Å²) in [5.74, 6) is 0.999. The molecular weight excluding hydrogens is 310 g/mol. The standard InChI is InChI=1S/C15H19N7O2/c1-2-24-14(23)11-9-19-15(20-13(11)16)22-7-5-21(6-8-22)12-10-17-3-4-18-12/h3-4,9-10H,2,5-8H2,1H3,(H2,16,19,20). The molecule has 3 rings (SSSR count). The number of nitrogens with zero attached hydrogens (tertiary/aromatic N) is 6. The average Bonchev–Trinajstić information content (AvgIpc) is 2.62. The fraction of sp³-hybridized carbons (Fsp3) is 0.400. The van der Waals surface area contributed by atoms with Crippen molar-refractivity contribution in [2.24, 2.45) is 0 Å². The number of piperazine rings is 1. The number of carbonyl (C=O) groups excluding carboxylic acids is 1. The van der Waals surface area contributed by atoms with Gasteiger partial charge >= 0.3 is 5.97 Å². The molecule has 2 N–H and O–H groups in total. The highest BCUT2D eigenvalue weighted by Gasteiger charge is 2.22. The van der Waals surface area contributed by atoms with Crippen molar-refractivity contribution < 1.29 is 9.53 Å². The summed E-state index contributed by atoms with van der Waals surface area (Å²) in [5.41, 5.74) is 6.06. The topological polar surface area (TPSA) is 110 Å². The summed E-state index contributed by atoms with van der Waals surface area (Å²) in [6.45, 7) is 5.04. The molecule has 0 bridgehead atoms. The van der Waals surface area contributed by atoms with E-state index in [1.807, 2.05) is 4.90 Å². The third-order valence-corrected chi connectivity index (χ3v) is 3.74. The minimum absolute atomic E-state index is 0.134. The number of aromatic nitrogens is 4. The Morgan fingerprint density at radius 1 is 1.17 bits per heavy atom. The lowest BCUT2D eigenvalue weighted by Gasteiger charge is -2.35. The SMILES string of the molecule is CCOC(=O)c1cnc(N2CCN(c3cnccn3)CC2)nc1N. The quantitative estimate of drug-likeness (QED) is 0.794. The summed E-state index contributed by atoms with van der Waals surface area (Å²) in [7, 11) is 0. The van der Waals surface area contributed by atoms with Gasteiger partial charge < -0.3 is 20.3 Å². The van der Waals surface area contributed by atoms with Gasteiger partial charge in [-0.3, -0.25) is 4.98 Å². The summed E-state index contributed by atoms with van der Waals surface area (Å²) >= 11 is 0. The Morgan fingerprint density at radius 2 is 1.92 bits per heavy atom. The highest BCUT2D eigenvalue weighted by atomic mass is 16.5. The highest BCUT2D eigenvalue weighted by Crippen LogP contribution is 2.18. The third-order valence-electron chi connectivity index (χ3n) is 3.74. The monoisotopic (exact) mass is 329 g/mol. The van der Waals surface area contributed by atoms with E-state index in [2.05, 4.69) is 24.8 Å². The Morgan fingerprint density at radius 3 is 2.54 bits per heavy atom. The van der Waals surface area contributed by atoms with Crippen LogP contribution in [0, 0.1) is 0 Å². The van der Waals surface area contributed by atoms with Crippen LogP contribution >= 0.6 is 0 Å². The van der Waals surface area contributed by atoms with Gasteiger partial charge in [0.05, 0.1) is 12.8 Å². The molecule has 0 radical (unpaired) electrons. The number of nitrogens with two attached hydrogens (primary N) is 1. The molecule has 1 saturated heterocycles. The van der Waals surface area contributed by atoms with E-state index >= 15 is 0 Å². The first kappa shape index (κ1) is 15.9. The molecule has 0 aliphatic carbocycles. The maximum Gasteiger partial charge on any atom is 0.343 e. The van der Waals surface area contributed by atoms with Crippen molar-refractivity contribution in [2.75, 3.05) is 48.3 Å². The maximum atomic E-state index is 11.7. The first-order valence-corrected chi connectivity index (χ1v) is 7.74. The molecule has 0 saturated carbocycles. The van der Waals surface area contributed by atoms with Gasteiger partial charge in [-0.1, -0.05) is 0 Å². The molecule has 1 aliphatic heterocycles. The fourth-order valence-corrected chi connectivity index (χ4v) is 2.49. The lowest BCUT2D eigenvalue weighted by Crippen LogP contribution is -2.47. The van der Waals surface area contributed by atoms with E-state index in [4.69, 9.17) is 10.5 Å². The van der Waals surface area contributed by atoms with Crippen molar-refractivity contribution in [3.63, 3.8) is 0 Å². The summed E-state index contributed by atoms with van der Waals surface area (Å²) in [6.07, 6.45) is 6.50. The number of rotatable bonds is 4. The maximum absolute atomic E-state index is 11.7. The summed E-state index contributed by atoms with van der Waals surface area (Å²) in [6, 6.07) is 0. The van der Waals surface area contributed by atoms with Crippen LogP contribution in [0.5, 0.6) is 0 Å². The molecule has 126 valence electrons. The predicted octanol–water partition coefficient (Wildman–Crippen LogP) is 0.352. The Balaban J connectivity index is 1.66. The van der Waals surface area contributed by atoms with Crippen LogP contribution in [0.25, 0.3) is 0 Å². The van der Waals surface area contributed by atoms with Gasteiger partial charge in [0.15, 0.2) is 0 Å². The summed E-state index contributed by atoms with van der Waals surface area (Å²) in [5, 5.41) is 0. The van der Waals surface area contributed by atoms with Gasteiger partial charge in [-0.05, 0) is 6.92 Å². The van der Waals surface area contributed by atoms with Crippen LogP contribution in [0.1, 0.15) is 17.3 Å². The largest absolute Gasteiger partial charge is 0.462 e. The molecule has 0 amide bonds. The van der Waals surface area contributed by atoms with Crippen LogP contribution in [0.15, 0.2) is 24.8 Å². The van der Waals surface area contributed by atoms with Gasteiger partial charge in [-0.15, -0.1) is 0 Å². The molecule has 2 aromatic rings. The first-order valence-electron chi connectivity index (χ1n) is 7.74. The number of esters is 1.